The van der Waals surface area contributed by atoms with E-state index in [9.17, 15) is 13.2 Å². The molecule has 4 bridgehead atoms. The van der Waals surface area contributed by atoms with Crippen molar-refractivity contribution in [3.63, 3.8) is 0 Å². The minimum absolute atomic E-state index is 0.0729. The summed E-state index contributed by atoms with van der Waals surface area (Å²) in [5, 5.41) is 2.98. The minimum Gasteiger partial charge on any atom is -0.369 e. The molecule has 1 aromatic rings. The van der Waals surface area contributed by atoms with Crippen LogP contribution >= 0.6 is 0 Å². The Bertz CT molecular complexity index is 530. The van der Waals surface area contributed by atoms with Gasteiger partial charge in [0.15, 0.2) is 0 Å². The minimum atomic E-state index is -4.41. The molecule has 4 saturated carbocycles. The molecule has 120 valence electrons. The van der Waals surface area contributed by atoms with E-state index in [1.54, 1.807) is 0 Å². The lowest BCUT2D eigenvalue weighted by atomic mass is 9.52. The summed E-state index contributed by atoms with van der Waals surface area (Å²) in [4.78, 5) is 7.31. The van der Waals surface area contributed by atoms with Crippen molar-refractivity contribution in [2.24, 2.45) is 29.6 Å². The van der Waals surface area contributed by atoms with Crippen molar-refractivity contribution in [3.05, 3.63) is 18.1 Å². The van der Waals surface area contributed by atoms with Gasteiger partial charge in [0.05, 0.1) is 0 Å². The molecule has 1 heterocycles. The van der Waals surface area contributed by atoms with Gasteiger partial charge in [-0.15, -0.1) is 0 Å². The van der Waals surface area contributed by atoms with Crippen LogP contribution in [0, 0.1) is 29.6 Å². The molecule has 0 aliphatic heterocycles. The van der Waals surface area contributed by atoms with Crippen LogP contribution in [0.5, 0.6) is 0 Å². The van der Waals surface area contributed by atoms with Gasteiger partial charge in [0, 0.05) is 12.7 Å². The van der Waals surface area contributed by atoms with Crippen molar-refractivity contribution in [1.29, 1.82) is 0 Å². The van der Waals surface area contributed by atoms with Gasteiger partial charge in [-0.3, -0.25) is 0 Å². The molecule has 0 aromatic carbocycles. The summed E-state index contributed by atoms with van der Waals surface area (Å²) in [6.45, 7) is 0.606. The third-order valence-electron chi connectivity index (χ3n) is 5.94. The zero-order chi connectivity index (χ0) is 15.3. The van der Waals surface area contributed by atoms with Crippen molar-refractivity contribution >= 4 is 5.82 Å². The highest BCUT2D eigenvalue weighted by atomic mass is 19.4. The maximum absolute atomic E-state index is 13.0. The third-order valence-corrected chi connectivity index (χ3v) is 5.94. The molecule has 4 aliphatic carbocycles. The van der Waals surface area contributed by atoms with Crippen LogP contribution in [-0.4, -0.2) is 16.5 Å². The van der Waals surface area contributed by atoms with Gasteiger partial charge in [-0.25, -0.2) is 9.97 Å². The predicted molar refractivity (Wildman–Crippen MR) is 76.1 cm³/mol. The quantitative estimate of drug-likeness (QED) is 0.917. The van der Waals surface area contributed by atoms with E-state index in [-0.39, 0.29) is 5.82 Å². The van der Waals surface area contributed by atoms with E-state index in [2.05, 4.69) is 15.3 Å². The summed E-state index contributed by atoms with van der Waals surface area (Å²) < 4.78 is 38.9. The normalized spacial score (nSPS) is 36.6. The van der Waals surface area contributed by atoms with Gasteiger partial charge in [0.25, 0.3) is 0 Å². The largest absolute Gasteiger partial charge is 0.421 e. The smallest absolute Gasteiger partial charge is 0.369 e. The standard InChI is InChI=1S/C16H20F3N3/c17-16(18,19)14-7-20-8-22-15(14)21-6-13-11-2-9-1-10(4-11)5-12(13)3-9/h7-13H,1-6H2,(H,20,21,22). The lowest BCUT2D eigenvalue weighted by Gasteiger charge is -2.54. The van der Waals surface area contributed by atoms with Crippen LogP contribution < -0.4 is 5.32 Å². The number of hydrogen-bond acceptors (Lipinski definition) is 3. The molecule has 1 aromatic heterocycles. The molecule has 0 saturated heterocycles. The summed E-state index contributed by atoms with van der Waals surface area (Å²) in [5.74, 6) is 3.58. The first kappa shape index (κ1) is 14.3. The van der Waals surface area contributed by atoms with Crippen molar-refractivity contribution in [3.8, 4) is 0 Å². The number of hydrogen-bond donors (Lipinski definition) is 1. The highest BCUT2D eigenvalue weighted by Crippen LogP contribution is 2.56. The van der Waals surface area contributed by atoms with Gasteiger partial charge in [-0.1, -0.05) is 0 Å². The maximum atomic E-state index is 13.0. The Morgan fingerprint density at radius 1 is 1.05 bits per heavy atom. The summed E-state index contributed by atoms with van der Waals surface area (Å²) in [6, 6.07) is 0. The highest BCUT2D eigenvalue weighted by molar-refractivity contribution is 5.44. The first-order valence-corrected chi connectivity index (χ1v) is 8.11. The maximum Gasteiger partial charge on any atom is 0.421 e. The molecule has 5 rings (SSSR count). The average Bonchev–Trinajstić information content (AvgIpc) is 2.45. The van der Waals surface area contributed by atoms with Crippen molar-refractivity contribution in [2.75, 3.05) is 11.9 Å². The van der Waals surface area contributed by atoms with Crippen LogP contribution in [0.2, 0.25) is 0 Å². The summed E-state index contributed by atoms with van der Waals surface area (Å²) in [7, 11) is 0. The molecule has 0 unspecified atom stereocenters. The number of rotatable bonds is 3. The average molecular weight is 311 g/mol. The number of nitrogens with one attached hydrogen (secondary N) is 1. The molecule has 3 nitrogen and oxygen atoms in total. The van der Waals surface area contributed by atoms with Crippen LogP contribution in [-0.2, 0) is 6.18 Å². The Labute approximate surface area is 127 Å². The molecular weight excluding hydrogens is 291 g/mol. The van der Waals surface area contributed by atoms with Crippen LogP contribution in [0.15, 0.2) is 12.5 Å². The van der Waals surface area contributed by atoms with Gasteiger partial charge in [0.2, 0.25) is 0 Å². The third kappa shape index (κ3) is 2.46. The fourth-order valence-corrected chi connectivity index (χ4v) is 5.26. The Balaban J connectivity index is 1.48. The van der Waals surface area contributed by atoms with Crippen LogP contribution in [0.25, 0.3) is 0 Å². The fraction of sp³-hybridized carbons (Fsp3) is 0.750. The Morgan fingerprint density at radius 3 is 2.27 bits per heavy atom. The molecule has 4 aliphatic rings. The summed E-state index contributed by atoms with van der Waals surface area (Å²) >= 11 is 0. The lowest BCUT2D eigenvalue weighted by Crippen LogP contribution is -2.47. The first-order chi connectivity index (χ1) is 10.5. The second kappa shape index (κ2) is 5.10. The summed E-state index contributed by atoms with van der Waals surface area (Å²) in [5.41, 5.74) is -0.765. The Morgan fingerprint density at radius 2 is 1.68 bits per heavy atom. The molecular formula is C16H20F3N3. The van der Waals surface area contributed by atoms with Crippen molar-refractivity contribution in [2.45, 2.75) is 38.3 Å². The van der Waals surface area contributed by atoms with Crippen LogP contribution in [0.1, 0.15) is 37.7 Å². The number of alkyl halides is 3. The number of nitrogens with zero attached hydrogens (tertiary/aromatic N) is 2. The SMILES string of the molecule is FC(F)(F)c1cncnc1NCC1C2CC3CC(C2)CC1C3. The molecule has 6 heteroatoms. The van der Waals surface area contributed by atoms with Crippen molar-refractivity contribution in [1.82, 2.24) is 9.97 Å². The lowest BCUT2D eigenvalue weighted by molar-refractivity contribution is -0.137. The van der Waals surface area contributed by atoms with Gasteiger partial charge in [0.1, 0.15) is 17.7 Å². The Hall–Kier alpha value is -1.33. The monoisotopic (exact) mass is 311 g/mol. The summed E-state index contributed by atoms with van der Waals surface area (Å²) in [6.07, 6.45) is 4.10. The number of anilines is 1. The van der Waals surface area contributed by atoms with E-state index < -0.39 is 11.7 Å². The van der Waals surface area contributed by atoms with E-state index in [1.807, 2.05) is 0 Å². The topological polar surface area (TPSA) is 37.8 Å². The molecule has 0 spiro atoms. The molecule has 0 atom stereocenters. The van der Waals surface area contributed by atoms with E-state index in [1.165, 1.54) is 38.4 Å². The van der Waals surface area contributed by atoms with Gasteiger partial charge in [-0.2, -0.15) is 13.2 Å². The molecule has 4 fully saturated rings. The van der Waals surface area contributed by atoms with E-state index in [4.69, 9.17) is 0 Å². The molecule has 0 radical (unpaired) electrons. The zero-order valence-corrected chi connectivity index (χ0v) is 12.3. The van der Waals surface area contributed by atoms with Gasteiger partial charge >= 0.3 is 6.18 Å². The van der Waals surface area contributed by atoms with Crippen LogP contribution in [0.4, 0.5) is 19.0 Å². The first-order valence-electron chi connectivity index (χ1n) is 8.11. The zero-order valence-electron chi connectivity index (χ0n) is 12.3. The predicted octanol–water partition coefficient (Wildman–Crippen LogP) is 3.98. The number of halogens is 3. The second-order valence-electron chi connectivity index (χ2n) is 7.26. The highest BCUT2D eigenvalue weighted by Gasteiger charge is 2.48. The molecule has 0 amide bonds. The van der Waals surface area contributed by atoms with E-state index in [0.29, 0.717) is 24.3 Å². The molecule has 22 heavy (non-hydrogen) atoms. The second-order valence-corrected chi connectivity index (χ2v) is 7.26. The fourth-order valence-electron chi connectivity index (χ4n) is 5.26. The van der Waals surface area contributed by atoms with Crippen molar-refractivity contribution < 1.29 is 13.2 Å². The molecule has 1 N–H and O–H groups in total. The van der Waals surface area contributed by atoms with E-state index in [0.717, 1.165) is 18.0 Å². The van der Waals surface area contributed by atoms with Gasteiger partial charge in [-0.05, 0) is 61.7 Å². The van der Waals surface area contributed by atoms with E-state index >= 15 is 0 Å². The number of aromatic nitrogens is 2. The van der Waals surface area contributed by atoms with Crippen LogP contribution in [0.3, 0.4) is 0 Å². The Kier molecular flexibility index (Phi) is 3.31. The van der Waals surface area contributed by atoms with Gasteiger partial charge < -0.3 is 5.32 Å².